The molecule has 0 fully saturated rings. The third kappa shape index (κ3) is 5.83. The Bertz CT molecular complexity index is 809. The molecule has 0 spiro atoms. The molecule has 28 heavy (non-hydrogen) atoms. The molecule has 0 aliphatic carbocycles. The van der Waals surface area contributed by atoms with E-state index < -0.39 is 0 Å². The van der Waals surface area contributed by atoms with E-state index in [0.29, 0.717) is 36.5 Å². The SMILES string of the molecule is C=CCc1c(OCOC)cc(CCc2ccccc2)c(C=O)c1OCC(=C)C. The number of aldehydes is 1. The highest BCUT2D eigenvalue weighted by molar-refractivity contribution is 5.84. The molecule has 0 radical (unpaired) electrons. The number of benzene rings is 2. The van der Waals surface area contributed by atoms with Gasteiger partial charge in [-0.05, 0) is 49.0 Å². The van der Waals surface area contributed by atoms with Crippen molar-refractivity contribution in [2.45, 2.75) is 26.2 Å². The molecule has 2 aromatic rings. The zero-order valence-electron chi connectivity index (χ0n) is 16.7. The van der Waals surface area contributed by atoms with Gasteiger partial charge in [0.15, 0.2) is 13.1 Å². The van der Waals surface area contributed by atoms with Crippen molar-refractivity contribution < 1.29 is 19.0 Å². The number of rotatable bonds is 12. The molecule has 4 heteroatoms. The molecule has 148 valence electrons. The number of aryl methyl sites for hydroxylation is 2. The Morgan fingerprint density at radius 2 is 1.89 bits per heavy atom. The van der Waals surface area contributed by atoms with Crippen LogP contribution in [0.5, 0.6) is 11.5 Å². The van der Waals surface area contributed by atoms with E-state index in [2.05, 4.69) is 25.3 Å². The van der Waals surface area contributed by atoms with Gasteiger partial charge in [-0.3, -0.25) is 4.79 Å². The number of hydrogen-bond donors (Lipinski definition) is 0. The van der Waals surface area contributed by atoms with Crippen molar-refractivity contribution in [3.05, 3.63) is 83.5 Å². The van der Waals surface area contributed by atoms with E-state index in [1.807, 2.05) is 31.2 Å². The quantitative estimate of drug-likeness (QED) is 0.297. The number of carbonyl (C=O) groups is 1. The van der Waals surface area contributed by atoms with Gasteiger partial charge in [0.2, 0.25) is 0 Å². The zero-order chi connectivity index (χ0) is 20.4. The monoisotopic (exact) mass is 380 g/mol. The second kappa shape index (κ2) is 11.1. The molecule has 0 saturated heterocycles. The Morgan fingerprint density at radius 1 is 1.14 bits per heavy atom. The summed E-state index contributed by atoms with van der Waals surface area (Å²) in [5.41, 5.74) is 4.31. The molecule has 0 N–H and O–H groups in total. The van der Waals surface area contributed by atoms with E-state index in [1.165, 1.54) is 5.56 Å². The van der Waals surface area contributed by atoms with E-state index in [-0.39, 0.29) is 6.79 Å². The van der Waals surface area contributed by atoms with E-state index in [0.717, 1.165) is 29.4 Å². The molecule has 0 aliphatic heterocycles. The molecule has 0 atom stereocenters. The summed E-state index contributed by atoms with van der Waals surface area (Å²) < 4.78 is 16.8. The van der Waals surface area contributed by atoms with Crippen molar-refractivity contribution in [3.8, 4) is 11.5 Å². The molecule has 2 aromatic carbocycles. The van der Waals surface area contributed by atoms with Crippen LogP contribution in [0.4, 0.5) is 0 Å². The highest BCUT2D eigenvalue weighted by Gasteiger charge is 2.20. The topological polar surface area (TPSA) is 44.8 Å². The fraction of sp³-hybridized carbons (Fsp3) is 0.292. The van der Waals surface area contributed by atoms with Crippen LogP contribution in [0, 0.1) is 0 Å². The second-order valence-corrected chi connectivity index (χ2v) is 6.65. The first-order chi connectivity index (χ1) is 13.6. The van der Waals surface area contributed by atoms with Crippen molar-refractivity contribution in [3.63, 3.8) is 0 Å². The van der Waals surface area contributed by atoms with Gasteiger partial charge in [-0.25, -0.2) is 0 Å². The average molecular weight is 380 g/mol. The van der Waals surface area contributed by atoms with Crippen molar-refractivity contribution in [1.82, 2.24) is 0 Å². The van der Waals surface area contributed by atoms with Gasteiger partial charge in [0.05, 0.1) is 5.56 Å². The van der Waals surface area contributed by atoms with Crippen LogP contribution in [0.1, 0.15) is 34.0 Å². The lowest BCUT2D eigenvalue weighted by Crippen LogP contribution is -2.10. The number of allylic oxidation sites excluding steroid dienone is 1. The first kappa shape index (κ1) is 21.5. The lowest BCUT2D eigenvalue weighted by Gasteiger charge is -2.20. The molecule has 0 saturated carbocycles. The average Bonchev–Trinajstić information content (AvgIpc) is 2.70. The van der Waals surface area contributed by atoms with Gasteiger partial charge in [0, 0.05) is 12.7 Å². The minimum absolute atomic E-state index is 0.114. The van der Waals surface area contributed by atoms with Crippen LogP contribution in [-0.2, 0) is 24.0 Å². The molecule has 4 nitrogen and oxygen atoms in total. The second-order valence-electron chi connectivity index (χ2n) is 6.65. The predicted octanol–water partition coefficient (Wildman–Crippen LogP) is 4.95. The molecular weight excluding hydrogens is 352 g/mol. The Morgan fingerprint density at radius 3 is 2.50 bits per heavy atom. The Hall–Kier alpha value is -2.85. The fourth-order valence-corrected chi connectivity index (χ4v) is 2.95. The first-order valence-corrected chi connectivity index (χ1v) is 9.28. The lowest BCUT2D eigenvalue weighted by molar-refractivity contribution is 0.0502. The smallest absolute Gasteiger partial charge is 0.188 e. The molecule has 2 rings (SSSR count). The third-order valence-electron chi connectivity index (χ3n) is 4.25. The minimum atomic E-state index is 0.114. The van der Waals surface area contributed by atoms with Gasteiger partial charge in [0.25, 0.3) is 0 Å². The van der Waals surface area contributed by atoms with Gasteiger partial charge in [-0.2, -0.15) is 0 Å². The summed E-state index contributed by atoms with van der Waals surface area (Å²) in [7, 11) is 1.57. The molecule has 0 amide bonds. The molecular formula is C24H28O4. The lowest BCUT2D eigenvalue weighted by atomic mass is 9.95. The minimum Gasteiger partial charge on any atom is -0.488 e. The van der Waals surface area contributed by atoms with Crippen LogP contribution in [-0.4, -0.2) is 26.8 Å². The maximum Gasteiger partial charge on any atom is 0.188 e. The van der Waals surface area contributed by atoms with Gasteiger partial charge >= 0.3 is 0 Å². The molecule has 0 heterocycles. The van der Waals surface area contributed by atoms with E-state index in [4.69, 9.17) is 14.2 Å². The van der Waals surface area contributed by atoms with Gasteiger partial charge in [0.1, 0.15) is 18.1 Å². The Balaban J connectivity index is 2.48. The molecule has 0 aliphatic rings. The van der Waals surface area contributed by atoms with E-state index in [1.54, 1.807) is 13.2 Å². The maximum atomic E-state index is 12.0. The zero-order valence-corrected chi connectivity index (χ0v) is 16.7. The molecule has 0 unspecified atom stereocenters. The summed E-state index contributed by atoms with van der Waals surface area (Å²) >= 11 is 0. The molecule has 0 bridgehead atoms. The number of carbonyl (C=O) groups excluding carboxylic acids is 1. The van der Waals surface area contributed by atoms with Gasteiger partial charge < -0.3 is 14.2 Å². The van der Waals surface area contributed by atoms with Crippen molar-refractivity contribution in [1.29, 1.82) is 0 Å². The van der Waals surface area contributed by atoms with Crippen LogP contribution in [0.25, 0.3) is 0 Å². The predicted molar refractivity (Wildman–Crippen MR) is 112 cm³/mol. The summed E-state index contributed by atoms with van der Waals surface area (Å²) in [5, 5.41) is 0. The first-order valence-electron chi connectivity index (χ1n) is 9.28. The van der Waals surface area contributed by atoms with Gasteiger partial charge in [-0.1, -0.05) is 43.0 Å². The Kier molecular flexibility index (Phi) is 8.50. The Labute approximate surface area is 167 Å². The molecule has 0 aromatic heterocycles. The van der Waals surface area contributed by atoms with Crippen LogP contribution >= 0.6 is 0 Å². The van der Waals surface area contributed by atoms with Gasteiger partial charge in [-0.15, -0.1) is 6.58 Å². The van der Waals surface area contributed by atoms with Crippen LogP contribution < -0.4 is 9.47 Å². The summed E-state index contributed by atoms with van der Waals surface area (Å²) in [6, 6.07) is 12.1. The van der Waals surface area contributed by atoms with Crippen molar-refractivity contribution in [2.24, 2.45) is 0 Å². The van der Waals surface area contributed by atoms with Crippen LogP contribution in [0.15, 0.2) is 61.2 Å². The van der Waals surface area contributed by atoms with Crippen LogP contribution in [0.3, 0.4) is 0 Å². The van der Waals surface area contributed by atoms with Crippen molar-refractivity contribution >= 4 is 6.29 Å². The summed E-state index contributed by atoms with van der Waals surface area (Å²) in [6.07, 6.45) is 4.65. The van der Waals surface area contributed by atoms with E-state index >= 15 is 0 Å². The highest BCUT2D eigenvalue weighted by atomic mass is 16.7. The maximum absolute atomic E-state index is 12.0. The summed E-state index contributed by atoms with van der Waals surface area (Å²) in [6.45, 7) is 10.0. The van der Waals surface area contributed by atoms with Crippen molar-refractivity contribution in [2.75, 3.05) is 20.5 Å². The number of methoxy groups -OCH3 is 1. The normalized spacial score (nSPS) is 10.4. The third-order valence-corrected chi connectivity index (χ3v) is 4.25. The fourth-order valence-electron chi connectivity index (χ4n) is 2.95. The number of ether oxygens (including phenoxy) is 3. The largest absolute Gasteiger partial charge is 0.488 e. The highest BCUT2D eigenvalue weighted by Crippen LogP contribution is 2.36. The standard InChI is InChI=1S/C24H28O4/c1-5-9-21-23(28-17-26-4)14-20(13-12-19-10-7-6-8-11-19)22(15-25)24(21)27-16-18(2)3/h5-8,10-11,14-15H,1-2,9,12-13,16-17H2,3-4H3. The summed E-state index contributed by atoms with van der Waals surface area (Å²) in [5.74, 6) is 1.18. The number of hydrogen-bond acceptors (Lipinski definition) is 4. The van der Waals surface area contributed by atoms with E-state index in [9.17, 15) is 4.79 Å². The van der Waals surface area contributed by atoms with Crippen LogP contribution in [0.2, 0.25) is 0 Å². The summed E-state index contributed by atoms with van der Waals surface area (Å²) in [4.78, 5) is 12.0.